The average molecular weight is 365 g/mol. The first kappa shape index (κ1) is 18.2. The van der Waals surface area contributed by atoms with Gasteiger partial charge in [-0.2, -0.15) is 0 Å². The average Bonchev–Trinajstić information content (AvgIpc) is 2.61. The summed E-state index contributed by atoms with van der Waals surface area (Å²) in [6.07, 6.45) is 0. The van der Waals surface area contributed by atoms with E-state index in [4.69, 9.17) is 16.3 Å². The van der Waals surface area contributed by atoms with Crippen molar-refractivity contribution in [2.24, 2.45) is 0 Å². The number of carbonyl (C=O) groups excluding carboxylic acids is 2. The number of esters is 1. The van der Waals surface area contributed by atoms with Crippen molar-refractivity contribution in [3.63, 3.8) is 0 Å². The van der Waals surface area contributed by atoms with Crippen molar-refractivity contribution in [1.82, 2.24) is 0 Å². The quantitative estimate of drug-likeness (QED) is 0.479. The van der Waals surface area contributed by atoms with Crippen molar-refractivity contribution < 1.29 is 24.0 Å². The number of para-hydroxylation sites is 1. The van der Waals surface area contributed by atoms with Crippen molar-refractivity contribution in [2.75, 3.05) is 19.0 Å². The van der Waals surface area contributed by atoms with E-state index in [0.29, 0.717) is 10.7 Å². The summed E-state index contributed by atoms with van der Waals surface area (Å²) in [7, 11) is 1.16. The summed E-state index contributed by atoms with van der Waals surface area (Å²) in [5.41, 5.74) is -0.0520. The van der Waals surface area contributed by atoms with E-state index in [0.717, 1.165) is 13.2 Å². The van der Waals surface area contributed by atoms with Crippen LogP contribution < -0.4 is 10.1 Å². The molecule has 0 atom stereocenters. The molecule has 0 heterocycles. The van der Waals surface area contributed by atoms with Gasteiger partial charge in [-0.05, 0) is 24.3 Å². The molecule has 0 saturated heterocycles. The standard InChI is InChI=1S/C16H13ClN2O6/c1-24-16(21)10-6-7-14(13(8-10)19(22)23)25-9-15(20)18-12-5-3-2-4-11(12)17/h2-8H,9H2,1H3,(H,18,20). The van der Waals surface area contributed by atoms with E-state index in [1.54, 1.807) is 24.3 Å². The van der Waals surface area contributed by atoms with Crippen LogP contribution in [0.15, 0.2) is 42.5 Å². The highest BCUT2D eigenvalue weighted by molar-refractivity contribution is 6.33. The molecule has 0 aliphatic heterocycles. The van der Waals surface area contributed by atoms with Gasteiger partial charge in [-0.25, -0.2) is 4.79 Å². The third-order valence-corrected chi connectivity index (χ3v) is 3.41. The van der Waals surface area contributed by atoms with E-state index >= 15 is 0 Å². The van der Waals surface area contributed by atoms with E-state index in [1.807, 2.05) is 0 Å². The summed E-state index contributed by atoms with van der Waals surface area (Å²) >= 11 is 5.92. The molecule has 1 N–H and O–H groups in total. The number of nitro benzene ring substituents is 1. The fourth-order valence-electron chi connectivity index (χ4n) is 1.92. The number of benzene rings is 2. The molecule has 0 saturated carbocycles. The third kappa shape index (κ3) is 4.67. The molecule has 8 nitrogen and oxygen atoms in total. The number of carbonyl (C=O) groups is 2. The zero-order chi connectivity index (χ0) is 18.4. The van der Waals surface area contributed by atoms with E-state index in [9.17, 15) is 19.7 Å². The van der Waals surface area contributed by atoms with Gasteiger partial charge < -0.3 is 14.8 Å². The van der Waals surface area contributed by atoms with Gasteiger partial charge in [0.1, 0.15) is 0 Å². The van der Waals surface area contributed by atoms with Crippen molar-refractivity contribution in [1.29, 1.82) is 0 Å². The maximum Gasteiger partial charge on any atom is 0.338 e. The Balaban J connectivity index is 2.09. The monoisotopic (exact) mass is 364 g/mol. The van der Waals surface area contributed by atoms with Crippen molar-refractivity contribution in [3.8, 4) is 5.75 Å². The Morgan fingerprint density at radius 1 is 1.24 bits per heavy atom. The van der Waals surface area contributed by atoms with Crippen LogP contribution >= 0.6 is 11.6 Å². The number of nitro groups is 1. The van der Waals surface area contributed by atoms with Crippen LogP contribution in [0.1, 0.15) is 10.4 Å². The van der Waals surface area contributed by atoms with Crippen molar-refractivity contribution in [3.05, 3.63) is 63.2 Å². The van der Waals surface area contributed by atoms with E-state index in [1.165, 1.54) is 12.1 Å². The predicted molar refractivity (Wildman–Crippen MR) is 90.0 cm³/mol. The summed E-state index contributed by atoms with van der Waals surface area (Å²) in [4.78, 5) is 33.7. The molecule has 130 valence electrons. The lowest BCUT2D eigenvalue weighted by Crippen LogP contribution is -2.20. The normalized spacial score (nSPS) is 10.0. The van der Waals surface area contributed by atoms with Crippen LogP contribution in [-0.4, -0.2) is 30.5 Å². The van der Waals surface area contributed by atoms with Gasteiger partial charge in [-0.1, -0.05) is 23.7 Å². The van der Waals surface area contributed by atoms with Crippen LogP contribution in [0.4, 0.5) is 11.4 Å². The highest BCUT2D eigenvalue weighted by Gasteiger charge is 2.20. The number of methoxy groups -OCH3 is 1. The van der Waals surface area contributed by atoms with Crippen molar-refractivity contribution >= 4 is 34.9 Å². The summed E-state index contributed by atoms with van der Waals surface area (Å²) in [5.74, 6) is -1.41. The Labute approximate surface area is 147 Å². The molecule has 0 fully saturated rings. The van der Waals surface area contributed by atoms with Crippen LogP contribution in [0.25, 0.3) is 0 Å². The fraction of sp³-hybridized carbons (Fsp3) is 0.125. The zero-order valence-electron chi connectivity index (χ0n) is 13.0. The summed E-state index contributed by atoms with van der Waals surface area (Å²) in [6.45, 7) is -0.469. The van der Waals surface area contributed by atoms with Gasteiger partial charge in [0, 0.05) is 6.07 Å². The number of ether oxygens (including phenoxy) is 2. The smallest absolute Gasteiger partial charge is 0.338 e. The first-order valence-electron chi connectivity index (χ1n) is 6.96. The second-order valence-corrected chi connectivity index (χ2v) is 5.16. The zero-order valence-corrected chi connectivity index (χ0v) is 13.8. The SMILES string of the molecule is COC(=O)c1ccc(OCC(=O)Nc2ccccc2Cl)c([N+](=O)[O-])c1. The van der Waals surface area contributed by atoms with E-state index < -0.39 is 29.1 Å². The number of halogens is 1. The summed E-state index contributed by atoms with van der Waals surface area (Å²) < 4.78 is 9.70. The Hall–Kier alpha value is -3.13. The molecular weight excluding hydrogens is 352 g/mol. The molecule has 0 aromatic heterocycles. The van der Waals surface area contributed by atoms with Crippen LogP contribution in [0.5, 0.6) is 5.75 Å². The molecule has 0 unspecified atom stereocenters. The topological polar surface area (TPSA) is 108 Å². The molecule has 0 spiro atoms. The molecular formula is C16H13ClN2O6. The number of nitrogens with zero attached hydrogens (tertiary/aromatic N) is 1. The van der Waals surface area contributed by atoms with Gasteiger partial charge in [-0.15, -0.1) is 0 Å². The minimum atomic E-state index is -0.717. The van der Waals surface area contributed by atoms with Gasteiger partial charge in [0.25, 0.3) is 5.91 Å². The highest BCUT2D eigenvalue weighted by atomic mass is 35.5. The molecule has 25 heavy (non-hydrogen) atoms. The number of hydrogen-bond donors (Lipinski definition) is 1. The van der Waals surface area contributed by atoms with Gasteiger partial charge >= 0.3 is 11.7 Å². The van der Waals surface area contributed by atoms with Gasteiger partial charge in [0.2, 0.25) is 0 Å². The lowest BCUT2D eigenvalue weighted by Gasteiger charge is -2.09. The largest absolute Gasteiger partial charge is 0.477 e. The molecule has 1 amide bonds. The lowest BCUT2D eigenvalue weighted by atomic mass is 10.2. The fourth-order valence-corrected chi connectivity index (χ4v) is 2.10. The summed E-state index contributed by atoms with van der Waals surface area (Å²) in [6, 6.07) is 10.2. The molecule has 0 aliphatic carbocycles. The van der Waals surface area contributed by atoms with Crippen LogP contribution in [0.2, 0.25) is 5.02 Å². The minimum absolute atomic E-state index is 0.00192. The molecule has 0 aliphatic rings. The molecule has 2 aromatic rings. The summed E-state index contributed by atoms with van der Waals surface area (Å²) in [5, 5.41) is 14.0. The number of amides is 1. The Bertz CT molecular complexity index is 824. The number of rotatable bonds is 6. The second kappa shape index (κ2) is 8.11. The number of anilines is 1. The maximum atomic E-state index is 11.9. The van der Waals surface area contributed by atoms with Crippen LogP contribution in [0.3, 0.4) is 0 Å². The Morgan fingerprint density at radius 2 is 1.96 bits per heavy atom. The third-order valence-electron chi connectivity index (χ3n) is 3.08. The number of nitrogens with one attached hydrogen (secondary N) is 1. The molecule has 2 rings (SSSR count). The maximum absolute atomic E-state index is 11.9. The molecule has 0 bridgehead atoms. The highest BCUT2D eigenvalue weighted by Crippen LogP contribution is 2.28. The first-order chi connectivity index (χ1) is 11.9. The van der Waals surface area contributed by atoms with E-state index in [2.05, 4.69) is 10.1 Å². The Kier molecular flexibility index (Phi) is 5.91. The van der Waals surface area contributed by atoms with E-state index in [-0.39, 0.29) is 11.3 Å². The van der Waals surface area contributed by atoms with Gasteiger partial charge in [-0.3, -0.25) is 14.9 Å². The van der Waals surface area contributed by atoms with Gasteiger partial charge in [0.05, 0.1) is 28.3 Å². The number of hydrogen-bond acceptors (Lipinski definition) is 6. The molecule has 0 radical (unpaired) electrons. The molecule has 9 heteroatoms. The second-order valence-electron chi connectivity index (χ2n) is 4.75. The van der Waals surface area contributed by atoms with Crippen molar-refractivity contribution in [2.45, 2.75) is 0 Å². The Morgan fingerprint density at radius 3 is 2.60 bits per heavy atom. The molecule has 2 aromatic carbocycles. The van der Waals surface area contributed by atoms with Gasteiger partial charge in [0.15, 0.2) is 12.4 Å². The van der Waals surface area contributed by atoms with Crippen LogP contribution in [0, 0.1) is 10.1 Å². The predicted octanol–water partition coefficient (Wildman–Crippen LogP) is 3.05. The minimum Gasteiger partial charge on any atom is -0.477 e. The first-order valence-corrected chi connectivity index (χ1v) is 7.34. The van der Waals surface area contributed by atoms with Crippen LogP contribution in [-0.2, 0) is 9.53 Å². The lowest BCUT2D eigenvalue weighted by molar-refractivity contribution is -0.385.